The van der Waals surface area contributed by atoms with Gasteiger partial charge in [-0.2, -0.15) is 0 Å². The number of pyridine rings is 4. The predicted molar refractivity (Wildman–Crippen MR) is 192 cm³/mol. The molecule has 9 heteroatoms. The zero-order valence-corrected chi connectivity index (χ0v) is 28.8. The third-order valence-electron chi connectivity index (χ3n) is 9.17. The molecule has 228 valence electrons. The Kier molecular flexibility index (Phi) is 6.48. The van der Waals surface area contributed by atoms with Gasteiger partial charge in [0.25, 0.3) is 0 Å². The number of nitrogens with zero attached hydrogens (tertiary/aromatic N) is 8. The van der Waals surface area contributed by atoms with E-state index in [1.807, 2.05) is 49.6 Å². The van der Waals surface area contributed by atoms with Crippen LogP contribution in [0, 0.1) is 0 Å². The van der Waals surface area contributed by atoms with Crippen LogP contribution in [0.25, 0.3) is 22.3 Å². The second kappa shape index (κ2) is 11.3. The Balaban J connectivity index is 1.43. The number of fused-ring (bicyclic) bond motifs is 2. The maximum atomic E-state index is 5.39. The van der Waals surface area contributed by atoms with Gasteiger partial charge in [-0.3, -0.25) is 0 Å². The molecule has 0 aromatic carbocycles. The van der Waals surface area contributed by atoms with Gasteiger partial charge in [0, 0.05) is 0 Å². The summed E-state index contributed by atoms with van der Waals surface area (Å²) in [6, 6.07) is 25.7. The van der Waals surface area contributed by atoms with E-state index in [-0.39, 0.29) is 0 Å². The predicted octanol–water partition coefficient (Wildman–Crippen LogP) is 4.77. The van der Waals surface area contributed by atoms with E-state index >= 15 is 0 Å². The van der Waals surface area contributed by atoms with Gasteiger partial charge in [0.2, 0.25) is 0 Å². The van der Waals surface area contributed by atoms with Crippen molar-refractivity contribution in [3.63, 3.8) is 0 Å². The molecular formula is C40H24N8Sn. The quantitative estimate of drug-likeness (QED) is 0.245. The van der Waals surface area contributed by atoms with Crippen molar-refractivity contribution in [3.8, 4) is 0 Å². The van der Waals surface area contributed by atoms with E-state index in [1.54, 1.807) is 0 Å². The van der Waals surface area contributed by atoms with Crippen molar-refractivity contribution < 1.29 is 0 Å². The second-order valence-corrected chi connectivity index (χ2v) is 15.0. The van der Waals surface area contributed by atoms with E-state index < -0.39 is 21.7 Å². The van der Waals surface area contributed by atoms with Crippen LogP contribution in [0.3, 0.4) is 0 Å². The average Bonchev–Trinajstić information content (AvgIpc) is 3.98. The summed E-state index contributed by atoms with van der Waals surface area (Å²) in [4.78, 5) is 28.2. The molecular weight excluding hydrogens is 711 g/mol. The molecule has 2 radical (unpaired) electrons. The molecule has 0 spiro atoms. The van der Waals surface area contributed by atoms with E-state index in [4.69, 9.17) is 9.98 Å². The van der Waals surface area contributed by atoms with Crippen molar-refractivity contribution in [2.75, 3.05) is 0 Å². The molecule has 6 aromatic rings. The number of aliphatic imine (C=N–C) groups is 2. The Morgan fingerprint density at radius 3 is 1.12 bits per heavy atom. The van der Waals surface area contributed by atoms with Crippen molar-refractivity contribution in [3.05, 3.63) is 202 Å². The monoisotopic (exact) mass is 736 g/mol. The number of aromatic nitrogens is 6. The molecule has 0 saturated heterocycles. The molecule has 49 heavy (non-hydrogen) atoms. The first-order valence-electron chi connectivity index (χ1n) is 15.9. The van der Waals surface area contributed by atoms with E-state index in [0.717, 1.165) is 89.4 Å². The van der Waals surface area contributed by atoms with Crippen LogP contribution in [-0.4, -0.2) is 58.6 Å². The van der Waals surface area contributed by atoms with Gasteiger partial charge in [-0.05, 0) is 0 Å². The summed E-state index contributed by atoms with van der Waals surface area (Å²) in [6.07, 6.45) is 23.4. The summed E-state index contributed by atoms with van der Waals surface area (Å²) >= 11 is -1.77. The molecule has 0 N–H and O–H groups in total. The topological polar surface area (TPSA) is 86.1 Å². The van der Waals surface area contributed by atoms with Gasteiger partial charge in [-0.1, -0.05) is 0 Å². The Morgan fingerprint density at radius 1 is 0.367 bits per heavy atom. The third-order valence-corrected chi connectivity index (χ3v) is 13.1. The first-order valence-corrected chi connectivity index (χ1v) is 18.5. The molecule has 0 amide bonds. The van der Waals surface area contributed by atoms with Gasteiger partial charge >= 0.3 is 293 Å². The van der Waals surface area contributed by atoms with Crippen molar-refractivity contribution in [1.29, 1.82) is 0 Å². The molecule has 0 atom stereocenters. The molecule has 0 saturated carbocycles. The molecule has 10 rings (SSSR count). The fourth-order valence-electron chi connectivity index (χ4n) is 7.03. The van der Waals surface area contributed by atoms with Crippen LogP contribution in [0.2, 0.25) is 0 Å². The summed E-state index contributed by atoms with van der Waals surface area (Å²) in [5, 5.41) is 2.25. The molecule has 4 aliphatic heterocycles. The SMILES string of the molecule is C1=CC2=C(c3ccncc3)c3ccc4[n]3[Sn][n]3c(ccc3=C(c3ccncc3)C3=NC(=C4c4ccncc4)C=C3)=C(c3ccncc3)C1=N2. The molecule has 4 aliphatic rings. The van der Waals surface area contributed by atoms with E-state index in [2.05, 4.69) is 123 Å². The van der Waals surface area contributed by atoms with Gasteiger partial charge in [0.05, 0.1) is 0 Å². The molecule has 0 fully saturated rings. The Morgan fingerprint density at radius 2 is 0.735 bits per heavy atom. The summed E-state index contributed by atoms with van der Waals surface area (Å²) in [7, 11) is 0. The Bertz CT molecular complexity index is 2460. The number of allylic oxidation sites excluding steroid dienone is 4. The van der Waals surface area contributed by atoms with Gasteiger partial charge in [-0.15, -0.1) is 0 Å². The van der Waals surface area contributed by atoms with Crippen molar-refractivity contribution in [2.24, 2.45) is 9.98 Å². The summed E-state index contributed by atoms with van der Waals surface area (Å²) in [6.45, 7) is 0. The first-order chi connectivity index (χ1) is 24.3. The van der Waals surface area contributed by atoms with Crippen LogP contribution >= 0.6 is 0 Å². The van der Waals surface area contributed by atoms with E-state index in [1.165, 1.54) is 0 Å². The normalized spacial score (nSPS) is 15.9. The van der Waals surface area contributed by atoms with Gasteiger partial charge in [-0.25, -0.2) is 0 Å². The average molecular weight is 735 g/mol. The minimum atomic E-state index is -1.77. The summed E-state index contributed by atoms with van der Waals surface area (Å²) < 4.78 is 5.16. The standard InChI is InChI=1S/C40H24N8.Sn/c1-2-30-38(26-11-19-42-20-12-26)32-5-6-34(47-32)40(28-15-23-44-24-16-28)36-8-7-35(48-36)39(27-13-21-43-22-14-27)33-4-3-31(46-33)37(29(1)45-30)25-9-17-41-18-10-25;/h1-24H;/q-2;+2. The van der Waals surface area contributed by atoms with Gasteiger partial charge < -0.3 is 0 Å². The minimum absolute atomic E-state index is 0.925. The van der Waals surface area contributed by atoms with Crippen molar-refractivity contribution in [1.82, 2.24) is 25.5 Å². The second-order valence-electron chi connectivity index (χ2n) is 11.9. The van der Waals surface area contributed by atoms with Crippen molar-refractivity contribution >= 4 is 55.4 Å². The zero-order chi connectivity index (χ0) is 32.3. The third kappa shape index (κ3) is 4.51. The number of hydrogen-bond donors (Lipinski definition) is 0. The number of rotatable bonds is 4. The molecule has 6 bridgehead atoms. The fourth-order valence-corrected chi connectivity index (χ4v) is 11.0. The van der Waals surface area contributed by atoms with Crippen LogP contribution in [-0.2, 0) is 0 Å². The molecule has 0 aliphatic carbocycles. The van der Waals surface area contributed by atoms with Crippen molar-refractivity contribution in [2.45, 2.75) is 0 Å². The van der Waals surface area contributed by atoms with Crippen LogP contribution in [0.15, 0.2) is 168 Å². The molecule has 10 heterocycles. The summed E-state index contributed by atoms with van der Waals surface area (Å²) in [5.74, 6) is 0. The molecule has 8 nitrogen and oxygen atoms in total. The Hall–Kier alpha value is -6.00. The zero-order valence-electron chi connectivity index (χ0n) is 25.9. The Labute approximate surface area is 291 Å². The van der Waals surface area contributed by atoms with Crippen LogP contribution in [0.4, 0.5) is 0 Å². The fraction of sp³-hybridized carbons (Fsp3) is 0. The first kappa shape index (κ1) is 28.1. The number of hydrogen-bond acceptors (Lipinski definition) is 6. The van der Waals surface area contributed by atoms with Crippen LogP contribution in [0.5, 0.6) is 0 Å². The van der Waals surface area contributed by atoms with Gasteiger partial charge in [0.15, 0.2) is 0 Å². The molecule has 6 aromatic heterocycles. The van der Waals surface area contributed by atoms with E-state index in [0.29, 0.717) is 0 Å². The van der Waals surface area contributed by atoms with Gasteiger partial charge in [0.1, 0.15) is 0 Å². The van der Waals surface area contributed by atoms with E-state index in [9.17, 15) is 0 Å². The maximum absolute atomic E-state index is 5.39. The molecule has 0 unspecified atom stereocenters. The van der Waals surface area contributed by atoms with Crippen LogP contribution < -0.4 is 10.7 Å². The van der Waals surface area contributed by atoms with Crippen LogP contribution in [0.1, 0.15) is 33.6 Å². The summed E-state index contributed by atoms with van der Waals surface area (Å²) in [5.41, 5.74) is 14.5.